The summed E-state index contributed by atoms with van der Waals surface area (Å²) in [6.07, 6.45) is 0.998. The molecule has 0 saturated heterocycles. The highest BCUT2D eigenvalue weighted by molar-refractivity contribution is 9.10. The van der Waals surface area contributed by atoms with Crippen molar-refractivity contribution in [2.45, 2.75) is 13.3 Å². The molecule has 1 aromatic rings. The molecule has 0 fully saturated rings. The summed E-state index contributed by atoms with van der Waals surface area (Å²) in [5, 5.41) is 14.0. The van der Waals surface area contributed by atoms with Crippen molar-refractivity contribution >= 4 is 21.6 Å². The molecule has 0 atom stereocenters. The van der Waals surface area contributed by atoms with Crippen LogP contribution in [0.25, 0.3) is 0 Å². The molecule has 0 radical (unpaired) electrons. The van der Waals surface area contributed by atoms with E-state index in [0.717, 1.165) is 30.7 Å². The normalized spacial score (nSPS) is 10.3. The van der Waals surface area contributed by atoms with Crippen LogP contribution < -0.4 is 10.1 Å². The molecule has 20 heavy (non-hydrogen) atoms. The van der Waals surface area contributed by atoms with Gasteiger partial charge in [-0.1, -0.05) is 13.5 Å². The van der Waals surface area contributed by atoms with E-state index in [2.05, 4.69) is 27.8 Å². The summed E-state index contributed by atoms with van der Waals surface area (Å²) in [5.74, 6) is -0.715. The maximum atomic E-state index is 13.4. The van der Waals surface area contributed by atoms with Crippen LogP contribution in [0.5, 0.6) is 5.75 Å². The molecule has 0 amide bonds. The summed E-state index contributed by atoms with van der Waals surface area (Å²) in [5.41, 5.74) is 0.448. The van der Waals surface area contributed by atoms with E-state index in [9.17, 15) is 14.5 Å². The van der Waals surface area contributed by atoms with Crippen LogP contribution in [0.1, 0.15) is 13.3 Å². The van der Waals surface area contributed by atoms with Crippen LogP contribution in [0.3, 0.4) is 0 Å². The minimum atomic E-state index is -0.613. The van der Waals surface area contributed by atoms with E-state index in [1.165, 1.54) is 0 Å². The number of rotatable bonds is 8. The summed E-state index contributed by atoms with van der Waals surface area (Å²) in [6, 6.07) is 2.08. The molecule has 0 bridgehead atoms. The molecule has 0 spiro atoms. The zero-order valence-electron chi connectivity index (χ0n) is 11.1. The van der Waals surface area contributed by atoms with Crippen molar-refractivity contribution in [2.75, 3.05) is 19.7 Å². The number of hydrogen-bond acceptors (Lipinski definition) is 4. The van der Waals surface area contributed by atoms with Gasteiger partial charge in [-0.2, -0.15) is 0 Å². The fraction of sp³-hybridized carbons (Fsp3) is 0.385. The number of nitro benzene ring substituents is 1. The van der Waals surface area contributed by atoms with Crippen molar-refractivity contribution < 1.29 is 14.1 Å². The van der Waals surface area contributed by atoms with E-state index in [4.69, 9.17) is 4.74 Å². The Morgan fingerprint density at radius 3 is 2.90 bits per heavy atom. The van der Waals surface area contributed by atoms with Gasteiger partial charge in [0.2, 0.25) is 0 Å². The third kappa shape index (κ3) is 4.90. The maximum absolute atomic E-state index is 13.4. The molecule has 1 N–H and O–H groups in total. The van der Waals surface area contributed by atoms with E-state index in [1.54, 1.807) is 0 Å². The minimum Gasteiger partial charge on any atom is -0.482 e. The fourth-order valence-electron chi connectivity index (χ4n) is 1.45. The molecule has 0 saturated carbocycles. The smallest absolute Gasteiger partial charge is 0.312 e. The van der Waals surface area contributed by atoms with Crippen LogP contribution in [0.4, 0.5) is 10.1 Å². The number of nitrogens with one attached hydrogen (secondary N) is 1. The Bertz CT molecular complexity index is 509. The Morgan fingerprint density at radius 1 is 1.60 bits per heavy atom. The van der Waals surface area contributed by atoms with Gasteiger partial charge in [0.15, 0.2) is 5.75 Å². The Hall–Kier alpha value is -1.47. The van der Waals surface area contributed by atoms with Crippen LogP contribution in [-0.4, -0.2) is 24.6 Å². The Morgan fingerprint density at radius 2 is 2.30 bits per heavy atom. The second kappa shape index (κ2) is 7.96. The van der Waals surface area contributed by atoms with Crippen molar-refractivity contribution in [3.8, 4) is 5.75 Å². The third-order valence-electron chi connectivity index (χ3n) is 2.43. The lowest BCUT2D eigenvalue weighted by Gasteiger charge is -2.10. The number of halogens is 2. The van der Waals surface area contributed by atoms with E-state index >= 15 is 0 Å². The molecule has 0 unspecified atom stereocenters. The average Bonchev–Trinajstić information content (AvgIpc) is 2.39. The average molecular weight is 347 g/mol. The third-order valence-corrected chi connectivity index (χ3v) is 3.04. The fourth-order valence-corrected chi connectivity index (χ4v) is 1.78. The molecule has 0 heterocycles. The summed E-state index contributed by atoms with van der Waals surface area (Å²) in [6.45, 7) is 7.34. The first-order valence-electron chi connectivity index (χ1n) is 6.09. The van der Waals surface area contributed by atoms with E-state index in [1.807, 2.05) is 6.92 Å². The van der Waals surface area contributed by atoms with Gasteiger partial charge in [-0.3, -0.25) is 10.1 Å². The Labute approximate surface area is 125 Å². The standard InChI is InChI=1S/C13H16BrFN2O3/c1-3-4-16-7-9(2)8-20-13-6-11(15)10(14)5-12(13)17(18)19/h5-6,16H,2-4,7-8H2,1H3. The molecule has 7 heteroatoms. The van der Waals surface area contributed by atoms with Gasteiger partial charge in [0.25, 0.3) is 0 Å². The zero-order chi connectivity index (χ0) is 15.1. The Kier molecular flexibility index (Phi) is 6.60. The van der Waals surface area contributed by atoms with Crippen LogP contribution in [-0.2, 0) is 0 Å². The lowest BCUT2D eigenvalue weighted by atomic mass is 10.2. The van der Waals surface area contributed by atoms with Crippen molar-refractivity contribution in [3.63, 3.8) is 0 Å². The number of nitro groups is 1. The predicted molar refractivity (Wildman–Crippen MR) is 78.6 cm³/mol. The number of ether oxygens (including phenoxy) is 1. The molecule has 0 aromatic heterocycles. The molecule has 0 aliphatic rings. The van der Waals surface area contributed by atoms with Crippen molar-refractivity contribution in [3.05, 3.63) is 44.7 Å². The molecule has 1 aromatic carbocycles. The SMILES string of the molecule is C=C(CNCCC)COc1cc(F)c(Br)cc1[N+](=O)[O-]. The highest BCUT2D eigenvalue weighted by atomic mass is 79.9. The van der Waals surface area contributed by atoms with Gasteiger partial charge < -0.3 is 10.1 Å². The molecular formula is C13H16BrFN2O3. The molecule has 110 valence electrons. The summed E-state index contributed by atoms with van der Waals surface area (Å²) < 4.78 is 18.7. The number of nitrogens with zero attached hydrogens (tertiary/aromatic N) is 1. The predicted octanol–water partition coefficient (Wildman–Crippen LogP) is 3.43. The van der Waals surface area contributed by atoms with Gasteiger partial charge in [-0.05, 0) is 34.5 Å². The van der Waals surface area contributed by atoms with Crippen molar-refractivity contribution in [1.82, 2.24) is 5.32 Å². The monoisotopic (exact) mass is 346 g/mol. The second-order valence-corrected chi connectivity index (χ2v) is 5.06. The minimum absolute atomic E-state index is 0.0278. The largest absolute Gasteiger partial charge is 0.482 e. The van der Waals surface area contributed by atoms with Gasteiger partial charge in [0, 0.05) is 18.7 Å². The van der Waals surface area contributed by atoms with Crippen LogP contribution in [0.15, 0.2) is 28.8 Å². The van der Waals surface area contributed by atoms with Crippen molar-refractivity contribution in [1.29, 1.82) is 0 Å². The first kappa shape index (κ1) is 16.6. The maximum Gasteiger partial charge on any atom is 0.312 e. The Balaban J connectivity index is 2.69. The van der Waals surface area contributed by atoms with Crippen LogP contribution in [0, 0.1) is 15.9 Å². The van der Waals surface area contributed by atoms with E-state index in [-0.39, 0.29) is 22.5 Å². The van der Waals surface area contributed by atoms with Crippen LogP contribution >= 0.6 is 15.9 Å². The molecular weight excluding hydrogens is 331 g/mol. The number of benzene rings is 1. The highest BCUT2D eigenvalue weighted by Crippen LogP contribution is 2.32. The molecule has 0 aliphatic heterocycles. The van der Waals surface area contributed by atoms with Crippen LogP contribution in [0.2, 0.25) is 0 Å². The zero-order valence-corrected chi connectivity index (χ0v) is 12.7. The highest BCUT2D eigenvalue weighted by Gasteiger charge is 2.19. The second-order valence-electron chi connectivity index (χ2n) is 4.21. The quantitative estimate of drug-likeness (QED) is 0.339. The van der Waals surface area contributed by atoms with E-state index in [0.29, 0.717) is 6.54 Å². The summed E-state index contributed by atoms with van der Waals surface area (Å²) >= 11 is 2.91. The van der Waals surface area contributed by atoms with Gasteiger partial charge in [-0.25, -0.2) is 4.39 Å². The van der Waals surface area contributed by atoms with Gasteiger partial charge in [0.05, 0.1) is 9.40 Å². The lowest BCUT2D eigenvalue weighted by Crippen LogP contribution is -2.20. The van der Waals surface area contributed by atoms with Gasteiger partial charge in [0.1, 0.15) is 12.4 Å². The number of hydrogen-bond donors (Lipinski definition) is 1. The molecule has 0 aliphatic carbocycles. The lowest BCUT2D eigenvalue weighted by molar-refractivity contribution is -0.386. The van der Waals surface area contributed by atoms with Crippen molar-refractivity contribution in [2.24, 2.45) is 0 Å². The first-order chi connectivity index (χ1) is 9.45. The molecule has 5 nitrogen and oxygen atoms in total. The first-order valence-corrected chi connectivity index (χ1v) is 6.88. The molecule has 1 rings (SSSR count). The van der Waals surface area contributed by atoms with E-state index < -0.39 is 10.7 Å². The van der Waals surface area contributed by atoms with Gasteiger partial charge in [-0.15, -0.1) is 0 Å². The summed E-state index contributed by atoms with van der Waals surface area (Å²) in [7, 11) is 0. The topological polar surface area (TPSA) is 64.4 Å². The van der Waals surface area contributed by atoms with Gasteiger partial charge >= 0.3 is 5.69 Å². The summed E-state index contributed by atoms with van der Waals surface area (Å²) in [4.78, 5) is 10.3.